The minimum Gasteiger partial charge on any atom is -0.497 e. The Bertz CT molecular complexity index is 1250. The van der Waals surface area contributed by atoms with E-state index in [-0.39, 0.29) is 5.91 Å². The van der Waals surface area contributed by atoms with Crippen molar-refractivity contribution >= 4 is 5.91 Å². The maximum absolute atomic E-state index is 13.3. The molecule has 0 spiro atoms. The molecule has 0 fully saturated rings. The van der Waals surface area contributed by atoms with Crippen LogP contribution < -0.4 is 10.1 Å². The molecule has 1 amide bonds. The van der Waals surface area contributed by atoms with E-state index >= 15 is 0 Å². The van der Waals surface area contributed by atoms with Crippen molar-refractivity contribution < 1.29 is 19.0 Å². The van der Waals surface area contributed by atoms with Crippen LogP contribution in [-0.2, 0) is 22.6 Å². The highest BCUT2D eigenvalue weighted by Crippen LogP contribution is 2.26. The molecular weight excluding hydrogens is 454 g/mol. The number of ether oxygens (including phenoxy) is 3. The van der Waals surface area contributed by atoms with Gasteiger partial charge in [0.15, 0.2) is 0 Å². The number of benzene rings is 3. The van der Waals surface area contributed by atoms with Crippen molar-refractivity contribution in [2.45, 2.75) is 20.1 Å². The van der Waals surface area contributed by atoms with E-state index in [4.69, 9.17) is 19.3 Å². The van der Waals surface area contributed by atoms with Crippen LogP contribution in [0.1, 0.15) is 28.4 Å². The maximum atomic E-state index is 13.3. The summed E-state index contributed by atoms with van der Waals surface area (Å²) in [5, 5.41) is 7.79. The molecule has 1 aromatic heterocycles. The number of para-hydroxylation sites is 1. The zero-order valence-corrected chi connectivity index (χ0v) is 20.6. The lowest BCUT2D eigenvalue weighted by Gasteiger charge is -2.09. The molecule has 1 heterocycles. The van der Waals surface area contributed by atoms with Crippen molar-refractivity contribution in [1.82, 2.24) is 15.1 Å². The van der Waals surface area contributed by atoms with Crippen LogP contribution in [0.3, 0.4) is 0 Å². The molecule has 0 aliphatic carbocycles. The Morgan fingerprint density at radius 3 is 2.42 bits per heavy atom. The summed E-state index contributed by atoms with van der Waals surface area (Å²) in [6.07, 6.45) is 1.77. The van der Waals surface area contributed by atoms with Crippen molar-refractivity contribution in [3.05, 3.63) is 102 Å². The first-order valence-electron chi connectivity index (χ1n) is 12.0. The largest absolute Gasteiger partial charge is 0.497 e. The van der Waals surface area contributed by atoms with E-state index in [1.165, 1.54) is 0 Å². The summed E-state index contributed by atoms with van der Waals surface area (Å²) in [6, 6.07) is 25.3. The van der Waals surface area contributed by atoms with Gasteiger partial charge in [-0.3, -0.25) is 4.79 Å². The van der Waals surface area contributed by atoms with Crippen LogP contribution >= 0.6 is 0 Å². The SMILES string of the molecule is CCOCCOCc1cccc(CNC(=O)c2cn(-c3ccccc3)nc2-c2ccc(OC)cc2)c1. The fourth-order valence-electron chi connectivity index (χ4n) is 3.77. The Kier molecular flexibility index (Phi) is 8.86. The Morgan fingerprint density at radius 1 is 0.917 bits per heavy atom. The summed E-state index contributed by atoms with van der Waals surface area (Å²) in [7, 11) is 1.63. The van der Waals surface area contributed by atoms with Crippen molar-refractivity contribution in [2.24, 2.45) is 0 Å². The third kappa shape index (κ3) is 6.59. The van der Waals surface area contributed by atoms with Crippen LogP contribution in [0, 0.1) is 0 Å². The van der Waals surface area contributed by atoms with E-state index in [1.807, 2.05) is 85.8 Å². The monoisotopic (exact) mass is 485 g/mol. The van der Waals surface area contributed by atoms with Gasteiger partial charge in [0.25, 0.3) is 5.91 Å². The van der Waals surface area contributed by atoms with Crippen LogP contribution in [-0.4, -0.2) is 42.6 Å². The highest BCUT2D eigenvalue weighted by Gasteiger charge is 2.19. The molecule has 0 saturated carbocycles. The second-order valence-electron chi connectivity index (χ2n) is 8.15. The highest BCUT2D eigenvalue weighted by molar-refractivity contribution is 5.99. The Balaban J connectivity index is 1.49. The molecule has 1 N–H and O–H groups in total. The lowest BCUT2D eigenvalue weighted by atomic mass is 10.1. The third-order valence-corrected chi connectivity index (χ3v) is 5.63. The highest BCUT2D eigenvalue weighted by atomic mass is 16.5. The van der Waals surface area contributed by atoms with E-state index < -0.39 is 0 Å². The van der Waals surface area contributed by atoms with Gasteiger partial charge in [0.2, 0.25) is 0 Å². The van der Waals surface area contributed by atoms with Crippen LogP contribution in [0.2, 0.25) is 0 Å². The van der Waals surface area contributed by atoms with Crippen molar-refractivity contribution in [3.63, 3.8) is 0 Å². The number of hydrogen-bond acceptors (Lipinski definition) is 5. The van der Waals surface area contributed by atoms with Gasteiger partial charge in [0.1, 0.15) is 11.4 Å². The topological polar surface area (TPSA) is 74.6 Å². The van der Waals surface area contributed by atoms with Gasteiger partial charge in [-0.15, -0.1) is 0 Å². The Morgan fingerprint density at radius 2 is 1.67 bits per heavy atom. The van der Waals surface area contributed by atoms with Crippen LogP contribution in [0.25, 0.3) is 16.9 Å². The molecule has 186 valence electrons. The zero-order chi connectivity index (χ0) is 25.2. The van der Waals surface area contributed by atoms with Gasteiger partial charge in [-0.1, -0.05) is 42.5 Å². The van der Waals surface area contributed by atoms with Gasteiger partial charge in [0, 0.05) is 24.9 Å². The normalized spacial score (nSPS) is 10.8. The molecule has 3 aromatic carbocycles. The molecule has 0 radical (unpaired) electrons. The summed E-state index contributed by atoms with van der Waals surface area (Å²) in [5.41, 5.74) is 4.87. The molecule has 4 aromatic rings. The van der Waals surface area contributed by atoms with Crippen LogP contribution in [0.4, 0.5) is 0 Å². The van der Waals surface area contributed by atoms with Crippen molar-refractivity contribution in [1.29, 1.82) is 0 Å². The summed E-state index contributed by atoms with van der Waals surface area (Å²) >= 11 is 0. The van der Waals surface area contributed by atoms with Crippen molar-refractivity contribution in [2.75, 3.05) is 26.9 Å². The zero-order valence-electron chi connectivity index (χ0n) is 20.6. The number of amides is 1. The molecule has 0 aliphatic heterocycles. The van der Waals surface area contributed by atoms with Crippen LogP contribution in [0.5, 0.6) is 5.75 Å². The average molecular weight is 486 g/mol. The quantitative estimate of drug-likeness (QED) is 0.285. The third-order valence-electron chi connectivity index (χ3n) is 5.63. The number of hydrogen-bond donors (Lipinski definition) is 1. The molecule has 0 bridgehead atoms. The predicted molar refractivity (Wildman–Crippen MR) is 139 cm³/mol. The standard InChI is InChI=1S/C29H31N3O4/c1-3-35-16-17-36-21-23-9-7-8-22(18-23)19-30-29(33)27-20-32(25-10-5-4-6-11-25)31-28(27)24-12-14-26(34-2)15-13-24/h4-15,18,20H,3,16-17,19,21H2,1-2H3,(H,30,33). The summed E-state index contributed by atoms with van der Waals surface area (Å²) in [6.45, 7) is 4.67. The molecule has 7 heteroatoms. The fourth-order valence-corrected chi connectivity index (χ4v) is 3.77. The van der Waals surface area contributed by atoms with Crippen LogP contribution in [0.15, 0.2) is 85.1 Å². The first-order valence-corrected chi connectivity index (χ1v) is 12.0. The van der Waals surface area contributed by atoms with E-state index in [0.29, 0.717) is 44.2 Å². The van der Waals surface area contributed by atoms with Gasteiger partial charge in [-0.25, -0.2) is 4.68 Å². The lowest BCUT2D eigenvalue weighted by Crippen LogP contribution is -2.23. The predicted octanol–water partition coefficient (Wildman–Crippen LogP) is 5.03. The van der Waals surface area contributed by atoms with Gasteiger partial charge < -0.3 is 19.5 Å². The van der Waals surface area contributed by atoms with E-state index in [9.17, 15) is 4.79 Å². The molecule has 4 rings (SSSR count). The van der Waals surface area contributed by atoms with E-state index in [1.54, 1.807) is 18.0 Å². The summed E-state index contributed by atoms with van der Waals surface area (Å²) < 4.78 is 18.0. The van der Waals surface area contributed by atoms with Gasteiger partial charge in [-0.05, 0) is 54.4 Å². The molecule has 7 nitrogen and oxygen atoms in total. The van der Waals surface area contributed by atoms with E-state index in [2.05, 4.69) is 5.32 Å². The minimum absolute atomic E-state index is 0.193. The smallest absolute Gasteiger partial charge is 0.255 e. The number of aromatic nitrogens is 2. The van der Waals surface area contributed by atoms with Gasteiger partial charge in [0.05, 0.1) is 38.2 Å². The fraction of sp³-hybridized carbons (Fsp3) is 0.241. The molecule has 36 heavy (non-hydrogen) atoms. The van der Waals surface area contributed by atoms with Gasteiger partial charge >= 0.3 is 0 Å². The van der Waals surface area contributed by atoms with Gasteiger partial charge in [-0.2, -0.15) is 5.10 Å². The summed E-state index contributed by atoms with van der Waals surface area (Å²) in [5.74, 6) is 0.551. The number of methoxy groups -OCH3 is 1. The molecule has 0 atom stereocenters. The first-order chi connectivity index (χ1) is 17.7. The molecule has 0 unspecified atom stereocenters. The first kappa shape index (κ1) is 25.2. The number of nitrogens with one attached hydrogen (secondary N) is 1. The maximum Gasteiger partial charge on any atom is 0.255 e. The second-order valence-corrected chi connectivity index (χ2v) is 8.15. The average Bonchev–Trinajstić information content (AvgIpc) is 3.38. The summed E-state index contributed by atoms with van der Waals surface area (Å²) in [4.78, 5) is 13.3. The lowest BCUT2D eigenvalue weighted by molar-refractivity contribution is 0.0453. The van der Waals surface area contributed by atoms with Crippen molar-refractivity contribution in [3.8, 4) is 22.7 Å². The second kappa shape index (κ2) is 12.7. The Hall–Kier alpha value is -3.94. The molecular formula is C29H31N3O4. The molecule has 0 aliphatic rings. The Labute approximate surface area is 211 Å². The minimum atomic E-state index is -0.193. The van der Waals surface area contributed by atoms with E-state index in [0.717, 1.165) is 28.1 Å². The number of carbonyl (C=O) groups is 1. The number of nitrogens with zero attached hydrogens (tertiary/aromatic N) is 2. The molecule has 0 saturated heterocycles. The number of carbonyl (C=O) groups excluding carboxylic acids is 1. The number of rotatable bonds is 12.